The van der Waals surface area contributed by atoms with Gasteiger partial charge in [0, 0.05) is 17.3 Å². The van der Waals surface area contributed by atoms with E-state index in [4.69, 9.17) is 11.6 Å². The molecule has 0 aromatic heterocycles. The molecular formula is C14H13ClFNO2. The fraction of sp³-hybridized carbons (Fsp3) is 0.143. The Labute approximate surface area is 115 Å². The molecule has 0 amide bonds. The number of hydrogen-bond donors (Lipinski definition) is 3. The number of nitrogens with one attached hydrogen (secondary N) is 1. The largest absolute Gasteiger partial charge is 0.508 e. The van der Waals surface area contributed by atoms with E-state index in [2.05, 4.69) is 5.32 Å². The van der Waals surface area contributed by atoms with Gasteiger partial charge in [-0.3, -0.25) is 0 Å². The smallest absolute Gasteiger partial charge is 0.143 e. The van der Waals surface area contributed by atoms with Crippen molar-refractivity contribution in [2.75, 3.05) is 5.32 Å². The van der Waals surface area contributed by atoms with E-state index >= 15 is 0 Å². The number of phenols is 2. The summed E-state index contributed by atoms with van der Waals surface area (Å²) in [5, 5.41) is 22.1. The Bertz CT molecular complexity index is 604. The molecular weight excluding hydrogens is 269 g/mol. The van der Waals surface area contributed by atoms with E-state index in [9.17, 15) is 14.6 Å². The van der Waals surface area contributed by atoms with Crippen LogP contribution in [0.3, 0.4) is 0 Å². The Morgan fingerprint density at radius 3 is 2.53 bits per heavy atom. The van der Waals surface area contributed by atoms with Crippen LogP contribution in [0.25, 0.3) is 0 Å². The van der Waals surface area contributed by atoms with Crippen molar-refractivity contribution in [3.05, 3.63) is 52.8 Å². The maximum atomic E-state index is 13.3. The topological polar surface area (TPSA) is 52.5 Å². The van der Waals surface area contributed by atoms with Gasteiger partial charge in [0.25, 0.3) is 0 Å². The minimum Gasteiger partial charge on any atom is -0.508 e. The Balaban J connectivity index is 2.20. The van der Waals surface area contributed by atoms with Crippen molar-refractivity contribution in [2.45, 2.75) is 13.0 Å². The van der Waals surface area contributed by atoms with Gasteiger partial charge < -0.3 is 15.5 Å². The molecule has 0 aliphatic heterocycles. The SMILES string of the molecule is CC(Nc1ccc(Cl)c(F)c1)c1ccc(O)cc1O. The van der Waals surface area contributed by atoms with Crippen molar-refractivity contribution in [1.82, 2.24) is 0 Å². The zero-order valence-corrected chi connectivity index (χ0v) is 10.9. The summed E-state index contributed by atoms with van der Waals surface area (Å²) < 4.78 is 13.3. The molecule has 3 N–H and O–H groups in total. The molecule has 3 nitrogen and oxygen atoms in total. The van der Waals surface area contributed by atoms with E-state index in [1.807, 2.05) is 6.92 Å². The Morgan fingerprint density at radius 1 is 1.16 bits per heavy atom. The molecule has 0 saturated heterocycles. The van der Waals surface area contributed by atoms with Gasteiger partial charge in [0.05, 0.1) is 11.1 Å². The summed E-state index contributed by atoms with van der Waals surface area (Å²) in [6, 6.07) is 8.50. The first-order valence-corrected chi connectivity index (χ1v) is 6.08. The third-order valence-corrected chi connectivity index (χ3v) is 3.09. The first-order valence-electron chi connectivity index (χ1n) is 5.71. The van der Waals surface area contributed by atoms with Crippen LogP contribution in [0.2, 0.25) is 5.02 Å². The van der Waals surface area contributed by atoms with Gasteiger partial charge in [-0.05, 0) is 37.3 Å². The second-order valence-corrected chi connectivity index (χ2v) is 4.65. The number of anilines is 1. The second kappa shape index (κ2) is 5.36. The number of rotatable bonds is 3. The Kier molecular flexibility index (Phi) is 3.81. The van der Waals surface area contributed by atoms with E-state index in [1.54, 1.807) is 12.1 Å². The molecule has 0 radical (unpaired) electrons. The van der Waals surface area contributed by atoms with Gasteiger partial charge in [-0.1, -0.05) is 11.6 Å². The summed E-state index contributed by atoms with van der Waals surface area (Å²) in [6.45, 7) is 1.82. The van der Waals surface area contributed by atoms with Gasteiger partial charge in [-0.2, -0.15) is 0 Å². The highest BCUT2D eigenvalue weighted by atomic mass is 35.5. The van der Waals surface area contributed by atoms with Crippen LogP contribution in [0.1, 0.15) is 18.5 Å². The van der Waals surface area contributed by atoms with Crippen LogP contribution < -0.4 is 5.32 Å². The molecule has 0 fully saturated rings. The lowest BCUT2D eigenvalue weighted by atomic mass is 10.1. The maximum Gasteiger partial charge on any atom is 0.143 e. The second-order valence-electron chi connectivity index (χ2n) is 4.24. The summed E-state index contributed by atoms with van der Waals surface area (Å²) in [5.74, 6) is -0.533. The average Bonchev–Trinajstić information content (AvgIpc) is 2.33. The average molecular weight is 282 g/mol. The number of halogens is 2. The fourth-order valence-corrected chi connectivity index (χ4v) is 1.93. The Morgan fingerprint density at radius 2 is 1.89 bits per heavy atom. The van der Waals surface area contributed by atoms with E-state index in [1.165, 1.54) is 24.3 Å². The minimum atomic E-state index is -0.506. The Hall–Kier alpha value is -1.94. The fourth-order valence-electron chi connectivity index (χ4n) is 1.81. The predicted molar refractivity (Wildman–Crippen MR) is 73.2 cm³/mol. The molecule has 2 aromatic rings. The summed E-state index contributed by atoms with van der Waals surface area (Å²) in [4.78, 5) is 0. The van der Waals surface area contributed by atoms with Crippen LogP contribution in [0.4, 0.5) is 10.1 Å². The van der Waals surface area contributed by atoms with Gasteiger partial charge >= 0.3 is 0 Å². The zero-order chi connectivity index (χ0) is 14.0. The van der Waals surface area contributed by atoms with Crippen molar-refractivity contribution in [2.24, 2.45) is 0 Å². The van der Waals surface area contributed by atoms with E-state index in [0.717, 1.165) is 0 Å². The van der Waals surface area contributed by atoms with Crippen molar-refractivity contribution in [3.63, 3.8) is 0 Å². The van der Waals surface area contributed by atoms with Gasteiger partial charge in [0.2, 0.25) is 0 Å². The zero-order valence-electron chi connectivity index (χ0n) is 10.2. The van der Waals surface area contributed by atoms with Crippen LogP contribution in [-0.4, -0.2) is 10.2 Å². The molecule has 100 valence electrons. The normalized spacial score (nSPS) is 12.2. The van der Waals surface area contributed by atoms with E-state index in [0.29, 0.717) is 11.3 Å². The first kappa shape index (κ1) is 13.5. The summed E-state index contributed by atoms with van der Waals surface area (Å²) in [7, 11) is 0. The highest BCUT2D eigenvalue weighted by molar-refractivity contribution is 6.30. The van der Waals surface area contributed by atoms with E-state index in [-0.39, 0.29) is 22.6 Å². The minimum absolute atomic E-state index is 0.00835. The molecule has 0 aliphatic carbocycles. The first-order chi connectivity index (χ1) is 8.97. The lowest BCUT2D eigenvalue weighted by molar-refractivity contribution is 0.444. The molecule has 2 rings (SSSR count). The molecule has 1 unspecified atom stereocenters. The highest BCUT2D eigenvalue weighted by Crippen LogP contribution is 2.30. The highest BCUT2D eigenvalue weighted by Gasteiger charge is 2.11. The molecule has 0 heterocycles. The van der Waals surface area contributed by atoms with Crippen molar-refractivity contribution < 1.29 is 14.6 Å². The number of phenolic OH excluding ortho intramolecular Hbond substituents is 2. The lowest BCUT2D eigenvalue weighted by Gasteiger charge is -2.17. The molecule has 5 heteroatoms. The van der Waals surface area contributed by atoms with Gasteiger partial charge in [0.1, 0.15) is 17.3 Å². The molecule has 0 spiro atoms. The molecule has 1 atom stereocenters. The third kappa shape index (κ3) is 3.09. The third-order valence-electron chi connectivity index (χ3n) is 2.78. The quantitative estimate of drug-likeness (QED) is 0.795. The van der Waals surface area contributed by atoms with Gasteiger partial charge in [0.15, 0.2) is 0 Å². The van der Waals surface area contributed by atoms with Crippen molar-refractivity contribution in [1.29, 1.82) is 0 Å². The summed E-state index contributed by atoms with van der Waals surface area (Å²) in [5.41, 5.74) is 1.16. The lowest BCUT2D eigenvalue weighted by Crippen LogP contribution is -2.07. The summed E-state index contributed by atoms with van der Waals surface area (Å²) >= 11 is 5.61. The van der Waals surface area contributed by atoms with Crippen LogP contribution >= 0.6 is 11.6 Å². The monoisotopic (exact) mass is 281 g/mol. The molecule has 19 heavy (non-hydrogen) atoms. The van der Waals surface area contributed by atoms with Gasteiger partial charge in [-0.15, -0.1) is 0 Å². The van der Waals surface area contributed by atoms with Crippen LogP contribution in [0.15, 0.2) is 36.4 Å². The summed E-state index contributed by atoms with van der Waals surface area (Å²) in [6.07, 6.45) is 0. The van der Waals surface area contributed by atoms with Crippen molar-refractivity contribution in [3.8, 4) is 11.5 Å². The number of benzene rings is 2. The van der Waals surface area contributed by atoms with Crippen LogP contribution in [0, 0.1) is 5.82 Å². The maximum absolute atomic E-state index is 13.3. The molecule has 0 bridgehead atoms. The standard InChI is InChI=1S/C14H13ClFNO2/c1-8(11-4-3-10(18)7-14(11)19)17-9-2-5-12(15)13(16)6-9/h2-8,17-19H,1H3. The molecule has 0 saturated carbocycles. The van der Waals surface area contributed by atoms with Crippen LogP contribution in [0.5, 0.6) is 11.5 Å². The number of aromatic hydroxyl groups is 2. The molecule has 0 aliphatic rings. The van der Waals surface area contributed by atoms with E-state index < -0.39 is 5.82 Å². The molecule has 2 aromatic carbocycles. The van der Waals surface area contributed by atoms with Gasteiger partial charge in [-0.25, -0.2) is 4.39 Å². The van der Waals surface area contributed by atoms with Crippen molar-refractivity contribution >= 4 is 17.3 Å². The predicted octanol–water partition coefficient (Wildman–Crippen LogP) is 4.06. The van der Waals surface area contributed by atoms with Crippen LogP contribution in [-0.2, 0) is 0 Å². The number of hydrogen-bond acceptors (Lipinski definition) is 3.